The number of anilines is 1. The highest BCUT2D eigenvalue weighted by molar-refractivity contribution is 6.62. The summed E-state index contributed by atoms with van der Waals surface area (Å²) in [6, 6.07) is 5.11. The van der Waals surface area contributed by atoms with E-state index in [1.54, 1.807) is 39.0 Å². The van der Waals surface area contributed by atoms with Crippen LogP contribution in [0.15, 0.2) is 18.2 Å². The van der Waals surface area contributed by atoms with Gasteiger partial charge in [-0.2, -0.15) is 0 Å². The average molecular weight is 493 g/mol. The van der Waals surface area contributed by atoms with E-state index in [1.165, 1.54) is 4.90 Å². The van der Waals surface area contributed by atoms with Crippen LogP contribution in [0.2, 0.25) is 0 Å². The number of nitrogens with zero attached hydrogens (tertiary/aromatic N) is 1. The van der Waals surface area contributed by atoms with E-state index in [4.69, 9.17) is 28.3 Å². The maximum Gasteiger partial charge on any atom is 0.494 e. The van der Waals surface area contributed by atoms with Crippen LogP contribution in [0.3, 0.4) is 0 Å². The lowest BCUT2D eigenvalue weighted by Crippen LogP contribution is -2.41. The Balaban J connectivity index is 2.43. The molecule has 0 bridgehead atoms. The van der Waals surface area contributed by atoms with Gasteiger partial charge < -0.3 is 33.2 Å². The van der Waals surface area contributed by atoms with E-state index >= 15 is 0 Å². The second-order valence-corrected chi connectivity index (χ2v) is 8.88. The normalized spacial score (nSPS) is 15.9. The van der Waals surface area contributed by atoms with E-state index in [9.17, 15) is 14.4 Å². The zero-order valence-corrected chi connectivity index (χ0v) is 21.7. The van der Waals surface area contributed by atoms with E-state index in [-0.39, 0.29) is 45.3 Å². The Morgan fingerprint density at radius 1 is 0.829 bits per heavy atom. The van der Waals surface area contributed by atoms with Gasteiger partial charge in [0.15, 0.2) is 6.61 Å². The molecular formula is C24H36BNO9. The second kappa shape index (κ2) is 12.3. The molecule has 1 heterocycles. The van der Waals surface area contributed by atoms with E-state index in [0.29, 0.717) is 11.2 Å². The van der Waals surface area contributed by atoms with Crippen LogP contribution < -0.4 is 15.1 Å². The zero-order valence-electron chi connectivity index (χ0n) is 21.7. The number of ether oxygens (including phenoxy) is 4. The van der Waals surface area contributed by atoms with Gasteiger partial charge in [-0.25, -0.2) is 4.79 Å². The number of benzene rings is 1. The Hall–Kier alpha value is -2.79. The predicted molar refractivity (Wildman–Crippen MR) is 130 cm³/mol. The van der Waals surface area contributed by atoms with Crippen LogP contribution in [0.5, 0.6) is 5.75 Å². The van der Waals surface area contributed by atoms with E-state index in [1.807, 2.05) is 27.7 Å². The number of hydrogen-bond donors (Lipinski definition) is 0. The molecule has 1 aromatic carbocycles. The van der Waals surface area contributed by atoms with Gasteiger partial charge >= 0.3 is 25.0 Å². The molecular weight excluding hydrogens is 457 g/mol. The lowest BCUT2D eigenvalue weighted by Gasteiger charge is -2.32. The summed E-state index contributed by atoms with van der Waals surface area (Å²) < 4.78 is 33.2. The topological polar surface area (TPSA) is 110 Å². The van der Waals surface area contributed by atoms with Crippen molar-refractivity contribution in [2.75, 3.05) is 44.4 Å². The first-order valence-corrected chi connectivity index (χ1v) is 11.8. The van der Waals surface area contributed by atoms with Gasteiger partial charge in [0.25, 0.3) is 0 Å². The van der Waals surface area contributed by atoms with Crippen molar-refractivity contribution in [3.8, 4) is 5.75 Å². The zero-order chi connectivity index (χ0) is 26.2. The van der Waals surface area contributed by atoms with Gasteiger partial charge in [0.05, 0.1) is 36.7 Å². The van der Waals surface area contributed by atoms with Crippen LogP contribution in [-0.2, 0) is 37.9 Å². The molecule has 0 unspecified atom stereocenters. The number of rotatable bonds is 12. The lowest BCUT2D eigenvalue weighted by atomic mass is 9.79. The summed E-state index contributed by atoms with van der Waals surface area (Å²) in [6.45, 7) is 12.7. The largest absolute Gasteiger partial charge is 0.494 e. The van der Waals surface area contributed by atoms with Crippen LogP contribution in [0, 0.1) is 0 Å². The van der Waals surface area contributed by atoms with Crippen molar-refractivity contribution in [3.05, 3.63) is 18.2 Å². The first kappa shape index (κ1) is 28.5. The molecule has 0 radical (unpaired) electrons. The molecule has 0 aromatic heterocycles. The van der Waals surface area contributed by atoms with Gasteiger partial charge in [0.2, 0.25) is 0 Å². The van der Waals surface area contributed by atoms with Crippen molar-refractivity contribution in [2.45, 2.75) is 59.7 Å². The molecule has 2 rings (SSSR count). The first-order chi connectivity index (χ1) is 16.4. The third-order valence-electron chi connectivity index (χ3n) is 5.75. The first-order valence-electron chi connectivity index (χ1n) is 11.8. The minimum absolute atomic E-state index is 0.194. The summed E-state index contributed by atoms with van der Waals surface area (Å²) in [6.07, 6.45) is 0. The summed E-state index contributed by atoms with van der Waals surface area (Å²) in [4.78, 5) is 38.0. The molecule has 1 aliphatic rings. The standard InChI is InChI=1S/C24H36BNO9/c1-8-30-20(27)14-26(15-21(28)31-9-2)18-12-11-17(13-19(18)33-16-22(29)32-10-3)25-34-23(4,5)24(6,7)35-25/h11-13H,8-10,14-16H2,1-7H3. The van der Waals surface area contributed by atoms with Crippen molar-refractivity contribution in [3.63, 3.8) is 0 Å². The summed E-state index contributed by atoms with van der Waals surface area (Å²) in [5.41, 5.74) is -0.0567. The average Bonchev–Trinajstić information content (AvgIpc) is 2.99. The summed E-state index contributed by atoms with van der Waals surface area (Å²) in [5, 5.41) is 0. The Labute approximate surface area is 207 Å². The fourth-order valence-corrected chi connectivity index (χ4v) is 3.32. The maximum absolute atomic E-state index is 12.3. The van der Waals surface area contributed by atoms with Crippen molar-refractivity contribution >= 4 is 36.2 Å². The predicted octanol–water partition coefficient (Wildman–Crippen LogP) is 1.86. The van der Waals surface area contributed by atoms with Crippen LogP contribution in [0.4, 0.5) is 5.69 Å². The number of carbonyl (C=O) groups is 3. The highest BCUT2D eigenvalue weighted by Gasteiger charge is 2.51. The molecule has 0 atom stereocenters. The van der Waals surface area contributed by atoms with E-state index in [0.717, 1.165) is 0 Å². The smallest absolute Gasteiger partial charge is 0.480 e. The third-order valence-corrected chi connectivity index (χ3v) is 5.75. The molecule has 11 heteroatoms. The quantitative estimate of drug-likeness (QED) is 0.243. The summed E-state index contributed by atoms with van der Waals surface area (Å²) >= 11 is 0. The van der Waals surface area contributed by atoms with Crippen LogP contribution in [0.1, 0.15) is 48.5 Å². The molecule has 0 amide bonds. The monoisotopic (exact) mass is 493 g/mol. The second-order valence-electron chi connectivity index (χ2n) is 8.88. The minimum atomic E-state index is -0.678. The number of carbonyl (C=O) groups excluding carboxylic acids is 3. The van der Waals surface area contributed by atoms with Crippen molar-refractivity contribution < 1.29 is 42.6 Å². The Kier molecular flexibility index (Phi) is 9.97. The third kappa shape index (κ3) is 7.60. The molecule has 1 fully saturated rings. The minimum Gasteiger partial charge on any atom is -0.480 e. The Bertz CT molecular complexity index is 867. The lowest BCUT2D eigenvalue weighted by molar-refractivity contribution is -0.146. The van der Waals surface area contributed by atoms with Gasteiger partial charge in [0.1, 0.15) is 18.8 Å². The highest BCUT2D eigenvalue weighted by atomic mass is 16.7. The number of esters is 3. The van der Waals surface area contributed by atoms with Gasteiger partial charge in [-0.05, 0) is 66.1 Å². The highest BCUT2D eigenvalue weighted by Crippen LogP contribution is 2.37. The van der Waals surface area contributed by atoms with Gasteiger partial charge in [-0.15, -0.1) is 0 Å². The van der Waals surface area contributed by atoms with Gasteiger partial charge in [-0.3, -0.25) is 9.59 Å². The van der Waals surface area contributed by atoms with Gasteiger partial charge in [-0.1, -0.05) is 6.07 Å². The summed E-state index contributed by atoms with van der Waals surface area (Å²) in [7, 11) is -0.678. The van der Waals surface area contributed by atoms with E-state index < -0.39 is 36.2 Å². The molecule has 194 valence electrons. The van der Waals surface area contributed by atoms with Crippen LogP contribution >= 0.6 is 0 Å². The Morgan fingerprint density at radius 3 is 1.80 bits per heavy atom. The molecule has 0 spiro atoms. The van der Waals surface area contributed by atoms with Crippen molar-refractivity contribution in [2.24, 2.45) is 0 Å². The van der Waals surface area contributed by atoms with Gasteiger partial charge in [0, 0.05) is 0 Å². The fourth-order valence-electron chi connectivity index (χ4n) is 3.32. The van der Waals surface area contributed by atoms with Crippen molar-refractivity contribution in [1.82, 2.24) is 0 Å². The van der Waals surface area contributed by atoms with Crippen LogP contribution in [0.25, 0.3) is 0 Å². The molecule has 0 saturated carbocycles. The fraction of sp³-hybridized carbons (Fsp3) is 0.625. The molecule has 1 aromatic rings. The van der Waals surface area contributed by atoms with Crippen LogP contribution in [-0.4, -0.2) is 75.7 Å². The molecule has 1 aliphatic heterocycles. The molecule has 1 saturated heterocycles. The molecule has 10 nitrogen and oxygen atoms in total. The summed E-state index contributed by atoms with van der Waals surface area (Å²) in [5.74, 6) is -1.35. The van der Waals surface area contributed by atoms with Crippen molar-refractivity contribution in [1.29, 1.82) is 0 Å². The molecule has 35 heavy (non-hydrogen) atoms. The SMILES string of the molecule is CCOC(=O)COc1cc(B2OC(C)(C)C(C)(C)O2)ccc1N(CC(=O)OCC)CC(=O)OCC. The molecule has 0 aliphatic carbocycles. The number of hydrogen-bond acceptors (Lipinski definition) is 10. The maximum atomic E-state index is 12.3. The van der Waals surface area contributed by atoms with E-state index in [2.05, 4.69) is 0 Å². The molecule has 0 N–H and O–H groups in total. The Morgan fingerprint density at radius 2 is 1.31 bits per heavy atom.